The first-order chi connectivity index (χ1) is 8.62. The van der Waals surface area contributed by atoms with E-state index >= 15 is 0 Å². The van der Waals surface area contributed by atoms with E-state index in [1.165, 1.54) is 7.11 Å². The molecule has 0 aliphatic rings. The van der Waals surface area contributed by atoms with Crippen LogP contribution in [0.3, 0.4) is 0 Å². The molecule has 0 bridgehead atoms. The van der Waals surface area contributed by atoms with E-state index in [9.17, 15) is 4.79 Å². The van der Waals surface area contributed by atoms with Gasteiger partial charge in [0.05, 0.1) is 18.4 Å². The maximum atomic E-state index is 11.5. The molecule has 6 nitrogen and oxygen atoms in total. The number of pyridine rings is 1. The van der Waals surface area contributed by atoms with Gasteiger partial charge in [0.2, 0.25) is 0 Å². The molecule has 18 heavy (non-hydrogen) atoms. The Bertz CT molecular complexity index is 667. The summed E-state index contributed by atoms with van der Waals surface area (Å²) in [6, 6.07) is 3.66. The van der Waals surface area contributed by atoms with Crippen LogP contribution in [0, 0.1) is 11.3 Å². The second kappa shape index (κ2) is 4.37. The molecule has 0 fully saturated rings. The highest BCUT2D eigenvalue weighted by Gasteiger charge is 2.17. The van der Waals surface area contributed by atoms with Crippen molar-refractivity contribution >= 4 is 22.7 Å². The number of hydrogen-bond donors (Lipinski definition) is 1. The number of aromatic nitrogens is 2. The largest absolute Gasteiger partial charge is 0.464 e. The number of hydrogen-bond acceptors (Lipinski definition) is 5. The fourth-order valence-electron chi connectivity index (χ4n) is 1.81. The van der Waals surface area contributed by atoms with Crippen molar-refractivity contribution in [2.24, 2.45) is 0 Å². The van der Waals surface area contributed by atoms with E-state index in [0.29, 0.717) is 23.1 Å². The molecule has 6 heteroatoms. The van der Waals surface area contributed by atoms with Crippen molar-refractivity contribution in [3.05, 3.63) is 23.5 Å². The normalized spacial score (nSPS) is 10.3. The van der Waals surface area contributed by atoms with Gasteiger partial charge in [0.15, 0.2) is 5.69 Å². The Morgan fingerprint density at radius 3 is 2.94 bits per heavy atom. The average molecular weight is 244 g/mol. The first-order valence-electron chi connectivity index (χ1n) is 5.40. The zero-order chi connectivity index (χ0) is 13.3. The number of anilines is 1. The van der Waals surface area contributed by atoms with Crippen molar-refractivity contribution in [3.63, 3.8) is 0 Å². The summed E-state index contributed by atoms with van der Waals surface area (Å²) in [5, 5.41) is 9.68. The summed E-state index contributed by atoms with van der Waals surface area (Å²) in [4.78, 5) is 15.7. The zero-order valence-corrected chi connectivity index (χ0v) is 10.1. The van der Waals surface area contributed by atoms with Gasteiger partial charge in [-0.15, -0.1) is 0 Å². The van der Waals surface area contributed by atoms with Crippen molar-refractivity contribution < 1.29 is 9.53 Å². The number of ether oxygens (including phenoxy) is 1. The Balaban J connectivity index is 2.78. The minimum atomic E-state index is -0.586. The molecule has 0 saturated carbocycles. The van der Waals surface area contributed by atoms with E-state index in [0.717, 1.165) is 0 Å². The number of nitrogens with two attached hydrogens (primary N) is 1. The highest BCUT2D eigenvalue weighted by molar-refractivity contribution is 5.97. The zero-order valence-electron chi connectivity index (χ0n) is 10.1. The van der Waals surface area contributed by atoms with Crippen molar-refractivity contribution in [1.82, 2.24) is 9.55 Å². The summed E-state index contributed by atoms with van der Waals surface area (Å²) in [6.07, 6.45) is 1.69. The number of carbonyl (C=O) groups is 1. The molecule has 2 rings (SSSR count). The van der Waals surface area contributed by atoms with Crippen molar-refractivity contribution in [2.75, 3.05) is 12.8 Å². The Hall–Kier alpha value is -2.55. The van der Waals surface area contributed by atoms with Gasteiger partial charge in [0.1, 0.15) is 11.7 Å². The number of nitriles is 1. The van der Waals surface area contributed by atoms with Crippen LogP contribution in [0.1, 0.15) is 23.0 Å². The van der Waals surface area contributed by atoms with Gasteiger partial charge < -0.3 is 15.0 Å². The minimum Gasteiger partial charge on any atom is -0.464 e. The lowest BCUT2D eigenvalue weighted by Gasteiger charge is -2.05. The molecule has 2 N–H and O–H groups in total. The lowest BCUT2D eigenvalue weighted by Crippen LogP contribution is -2.09. The van der Waals surface area contributed by atoms with Crippen LogP contribution in [-0.2, 0) is 11.3 Å². The van der Waals surface area contributed by atoms with E-state index in [2.05, 4.69) is 15.8 Å². The topological polar surface area (TPSA) is 93.9 Å². The van der Waals surface area contributed by atoms with Crippen LogP contribution in [0.4, 0.5) is 5.69 Å². The van der Waals surface area contributed by atoms with Gasteiger partial charge in [0, 0.05) is 18.1 Å². The molecule has 0 aliphatic carbocycles. The Labute approximate surface area is 104 Å². The molecule has 0 amide bonds. The van der Waals surface area contributed by atoms with Gasteiger partial charge in [-0.1, -0.05) is 0 Å². The second-order valence-electron chi connectivity index (χ2n) is 3.73. The van der Waals surface area contributed by atoms with E-state index in [1.807, 2.05) is 6.92 Å². The Kier molecular flexibility index (Phi) is 2.90. The van der Waals surface area contributed by atoms with Crippen LogP contribution in [0.15, 0.2) is 12.3 Å². The third kappa shape index (κ3) is 1.66. The molecule has 0 unspecified atom stereocenters. The van der Waals surface area contributed by atoms with Crippen molar-refractivity contribution in [3.8, 4) is 6.07 Å². The van der Waals surface area contributed by atoms with Crippen LogP contribution in [-0.4, -0.2) is 22.6 Å². The first-order valence-corrected chi connectivity index (χ1v) is 5.40. The molecule has 2 aromatic rings. The van der Waals surface area contributed by atoms with E-state index in [1.54, 1.807) is 16.8 Å². The van der Waals surface area contributed by atoms with Crippen LogP contribution in [0.25, 0.3) is 11.0 Å². The van der Waals surface area contributed by atoms with Crippen molar-refractivity contribution in [1.29, 1.82) is 5.26 Å². The fraction of sp³-hybridized carbons (Fsp3) is 0.250. The summed E-state index contributed by atoms with van der Waals surface area (Å²) < 4.78 is 6.41. The SMILES string of the molecule is CCn1cc(C#N)c2cc(N)c(C(=O)OC)nc21. The smallest absolute Gasteiger partial charge is 0.358 e. The summed E-state index contributed by atoms with van der Waals surface area (Å²) in [6.45, 7) is 2.58. The van der Waals surface area contributed by atoms with Gasteiger partial charge in [-0.3, -0.25) is 0 Å². The third-order valence-corrected chi connectivity index (χ3v) is 2.72. The quantitative estimate of drug-likeness (QED) is 0.803. The monoisotopic (exact) mass is 244 g/mol. The predicted molar refractivity (Wildman–Crippen MR) is 65.9 cm³/mol. The van der Waals surface area contributed by atoms with E-state index in [-0.39, 0.29) is 11.4 Å². The number of nitrogens with zero attached hydrogens (tertiary/aromatic N) is 3. The average Bonchev–Trinajstić information content (AvgIpc) is 2.73. The molecule has 2 heterocycles. The first kappa shape index (κ1) is 11.9. The third-order valence-electron chi connectivity index (χ3n) is 2.72. The summed E-state index contributed by atoms with van der Waals surface area (Å²) in [5.41, 5.74) is 7.08. The summed E-state index contributed by atoms with van der Waals surface area (Å²) in [5.74, 6) is -0.586. The number of carbonyl (C=O) groups excluding carboxylic acids is 1. The van der Waals surface area contributed by atoms with Gasteiger partial charge >= 0.3 is 5.97 Å². The van der Waals surface area contributed by atoms with Crippen LogP contribution in [0.5, 0.6) is 0 Å². The molecule has 92 valence electrons. The summed E-state index contributed by atoms with van der Waals surface area (Å²) >= 11 is 0. The number of nitrogen functional groups attached to an aromatic ring is 1. The molecule has 0 radical (unpaired) electrons. The maximum absolute atomic E-state index is 11.5. The molecule has 0 aromatic carbocycles. The number of esters is 1. The highest BCUT2D eigenvalue weighted by atomic mass is 16.5. The van der Waals surface area contributed by atoms with Gasteiger partial charge in [-0.2, -0.15) is 5.26 Å². The number of methoxy groups -OCH3 is 1. The predicted octanol–water partition coefficient (Wildman–Crippen LogP) is 1.30. The Morgan fingerprint density at radius 2 is 2.39 bits per heavy atom. The van der Waals surface area contributed by atoms with Crippen LogP contribution < -0.4 is 5.73 Å². The van der Waals surface area contributed by atoms with Gasteiger partial charge in [-0.05, 0) is 13.0 Å². The van der Waals surface area contributed by atoms with E-state index < -0.39 is 5.97 Å². The Morgan fingerprint density at radius 1 is 1.67 bits per heavy atom. The number of fused-ring (bicyclic) bond motifs is 1. The van der Waals surface area contributed by atoms with Gasteiger partial charge in [0.25, 0.3) is 0 Å². The van der Waals surface area contributed by atoms with E-state index in [4.69, 9.17) is 11.0 Å². The molecule has 0 atom stereocenters. The van der Waals surface area contributed by atoms with Crippen molar-refractivity contribution in [2.45, 2.75) is 13.5 Å². The van der Waals surface area contributed by atoms with Crippen LogP contribution >= 0.6 is 0 Å². The molecule has 2 aromatic heterocycles. The lowest BCUT2D eigenvalue weighted by atomic mass is 10.2. The maximum Gasteiger partial charge on any atom is 0.358 e. The standard InChI is InChI=1S/C12H12N4O2/c1-3-16-6-7(5-13)8-4-9(14)10(12(17)18-2)15-11(8)16/h4,6H,3,14H2,1-2H3. The summed E-state index contributed by atoms with van der Waals surface area (Å²) in [7, 11) is 1.27. The lowest BCUT2D eigenvalue weighted by molar-refractivity contribution is 0.0595. The second-order valence-corrected chi connectivity index (χ2v) is 3.73. The highest BCUT2D eigenvalue weighted by Crippen LogP contribution is 2.24. The fourth-order valence-corrected chi connectivity index (χ4v) is 1.81. The molecule has 0 aliphatic heterocycles. The molecule has 0 saturated heterocycles. The number of aryl methyl sites for hydroxylation is 1. The van der Waals surface area contributed by atoms with Gasteiger partial charge in [-0.25, -0.2) is 9.78 Å². The molecular weight excluding hydrogens is 232 g/mol. The number of rotatable bonds is 2. The molecule has 0 spiro atoms. The molecular formula is C12H12N4O2. The van der Waals surface area contributed by atoms with Crippen LogP contribution in [0.2, 0.25) is 0 Å². The minimum absolute atomic E-state index is 0.0716.